The van der Waals surface area contributed by atoms with Gasteiger partial charge < -0.3 is 21.7 Å². The molecule has 5 N–H and O–H groups in total. The fourth-order valence-corrected chi connectivity index (χ4v) is 3.45. The molecule has 0 aliphatic carbocycles. The molecule has 1 aromatic heterocycles. The number of nitrogen functional groups attached to an aromatic ring is 1. The van der Waals surface area contributed by atoms with Gasteiger partial charge in [-0.25, -0.2) is 4.79 Å². The van der Waals surface area contributed by atoms with Gasteiger partial charge >= 0.3 is 6.03 Å². The quantitative estimate of drug-likeness (QED) is 0.380. The third-order valence-electron chi connectivity index (χ3n) is 4.14. The van der Waals surface area contributed by atoms with Gasteiger partial charge in [-0.05, 0) is 37.6 Å². The minimum atomic E-state index is -0.210. The van der Waals surface area contributed by atoms with Crippen LogP contribution in [0.5, 0.6) is 0 Å². The maximum absolute atomic E-state index is 12.3. The maximum atomic E-state index is 12.3. The van der Waals surface area contributed by atoms with Crippen molar-refractivity contribution in [1.29, 1.82) is 0 Å². The summed E-state index contributed by atoms with van der Waals surface area (Å²) >= 11 is 1.35. The summed E-state index contributed by atoms with van der Waals surface area (Å²) in [6, 6.07) is 10.7. The molecule has 1 atom stereocenters. The van der Waals surface area contributed by atoms with Crippen LogP contribution in [-0.2, 0) is 6.54 Å². The molecule has 0 spiro atoms. The third-order valence-corrected chi connectivity index (χ3v) is 5.22. The Morgan fingerprint density at radius 3 is 2.67 bits per heavy atom. The van der Waals surface area contributed by atoms with Gasteiger partial charge in [0.2, 0.25) is 0 Å². The number of carbonyl (C=O) groups excluding carboxylic acids is 2. The Morgan fingerprint density at radius 2 is 1.93 bits per heavy atom. The van der Waals surface area contributed by atoms with Gasteiger partial charge in [0.1, 0.15) is 0 Å². The van der Waals surface area contributed by atoms with E-state index >= 15 is 0 Å². The van der Waals surface area contributed by atoms with Crippen molar-refractivity contribution in [3.63, 3.8) is 0 Å². The Kier molecular flexibility index (Phi) is 8.13. The molecular formula is C20H28N4O2S. The van der Waals surface area contributed by atoms with Crippen molar-refractivity contribution >= 4 is 34.6 Å². The smallest absolute Gasteiger partial charge is 0.315 e. The summed E-state index contributed by atoms with van der Waals surface area (Å²) in [6.45, 7) is 4.56. The molecule has 1 heterocycles. The van der Waals surface area contributed by atoms with Crippen molar-refractivity contribution < 1.29 is 9.59 Å². The van der Waals surface area contributed by atoms with Crippen LogP contribution in [0.25, 0.3) is 0 Å². The summed E-state index contributed by atoms with van der Waals surface area (Å²) in [4.78, 5) is 25.8. The largest absolute Gasteiger partial charge is 0.397 e. The summed E-state index contributed by atoms with van der Waals surface area (Å²) in [5.41, 5.74) is 6.96. The van der Waals surface area contributed by atoms with Crippen LogP contribution in [0.1, 0.15) is 54.1 Å². The highest BCUT2D eigenvalue weighted by Crippen LogP contribution is 2.21. The van der Waals surface area contributed by atoms with Gasteiger partial charge in [0.25, 0.3) is 5.91 Å². The van der Waals surface area contributed by atoms with Crippen LogP contribution in [0.3, 0.4) is 0 Å². The average Bonchev–Trinajstić information content (AvgIpc) is 3.11. The molecule has 2 aromatic rings. The molecule has 0 bridgehead atoms. The standard InChI is InChI=1S/C20H28N4O2S/c1-3-4-5-8-14(2)23-20(26)22-13-15-11-12-18(27-15)19(25)24-17-10-7-6-9-16(17)21/h6-7,9-12,14H,3-5,8,13,21H2,1-2H3,(H,24,25)(H2,22,23,26). The first kappa shape index (κ1) is 20.8. The molecular weight excluding hydrogens is 360 g/mol. The fourth-order valence-electron chi connectivity index (χ4n) is 2.60. The molecule has 27 heavy (non-hydrogen) atoms. The van der Waals surface area contributed by atoms with E-state index in [1.165, 1.54) is 24.2 Å². The van der Waals surface area contributed by atoms with Gasteiger partial charge in [-0.1, -0.05) is 38.3 Å². The predicted molar refractivity (Wildman–Crippen MR) is 112 cm³/mol. The number of unbranched alkanes of at least 4 members (excludes halogenated alkanes) is 2. The number of amides is 3. The molecule has 1 unspecified atom stereocenters. The second-order valence-electron chi connectivity index (χ2n) is 6.53. The van der Waals surface area contributed by atoms with Crippen molar-refractivity contribution in [3.05, 3.63) is 46.2 Å². The maximum Gasteiger partial charge on any atom is 0.315 e. The summed E-state index contributed by atoms with van der Waals surface area (Å²) in [7, 11) is 0. The van der Waals surface area contributed by atoms with Crippen molar-refractivity contribution in [2.75, 3.05) is 11.1 Å². The highest BCUT2D eigenvalue weighted by Gasteiger charge is 2.12. The average molecular weight is 389 g/mol. The number of benzene rings is 1. The number of rotatable bonds is 9. The Morgan fingerprint density at radius 1 is 1.15 bits per heavy atom. The number of nitrogens with two attached hydrogens (primary N) is 1. The van der Waals surface area contributed by atoms with E-state index in [1.807, 2.05) is 25.1 Å². The normalized spacial score (nSPS) is 11.6. The van der Waals surface area contributed by atoms with Crippen molar-refractivity contribution in [3.8, 4) is 0 Å². The van der Waals surface area contributed by atoms with Gasteiger partial charge in [0.05, 0.1) is 22.8 Å². The molecule has 146 valence electrons. The number of hydrogen-bond donors (Lipinski definition) is 4. The first-order valence-corrected chi connectivity index (χ1v) is 10.1. The molecule has 0 fully saturated rings. The zero-order chi connectivity index (χ0) is 19.6. The minimum Gasteiger partial charge on any atom is -0.397 e. The molecule has 0 saturated heterocycles. The zero-order valence-electron chi connectivity index (χ0n) is 15.9. The first-order valence-electron chi connectivity index (χ1n) is 9.28. The third kappa shape index (κ3) is 6.94. The predicted octanol–water partition coefficient (Wildman–Crippen LogP) is 4.35. The molecule has 0 saturated carbocycles. The van der Waals surface area contributed by atoms with Crippen molar-refractivity contribution in [2.24, 2.45) is 0 Å². The molecule has 3 amide bonds. The van der Waals surface area contributed by atoms with Crippen molar-refractivity contribution in [2.45, 2.75) is 52.1 Å². The minimum absolute atomic E-state index is 0.151. The molecule has 1 aromatic carbocycles. The van der Waals surface area contributed by atoms with E-state index < -0.39 is 0 Å². The first-order chi connectivity index (χ1) is 13.0. The SMILES string of the molecule is CCCCCC(C)NC(=O)NCc1ccc(C(=O)Nc2ccccc2N)s1. The van der Waals surface area contributed by atoms with E-state index in [2.05, 4.69) is 22.9 Å². The molecule has 0 aliphatic heterocycles. The van der Waals surface area contributed by atoms with Gasteiger partial charge in [-0.3, -0.25) is 4.79 Å². The highest BCUT2D eigenvalue weighted by atomic mass is 32.1. The number of urea groups is 1. The Hall–Kier alpha value is -2.54. The van der Waals surface area contributed by atoms with Crippen LogP contribution in [0, 0.1) is 0 Å². The lowest BCUT2D eigenvalue weighted by molar-refractivity contribution is 0.103. The number of para-hydroxylation sites is 2. The second kappa shape index (κ2) is 10.6. The van der Waals surface area contributed by atoms with Crippen LogP contribution >= 0.6 is 11.3 Å². The molecule has 0 aliphatic rings. The van der Waals surface area contributed by atoms with E-state index in [4.69, 9.17) is 5.73 Å². The van der Waals surface area contributed by atoms with Gasteiger partial charge in [0.15, 0.2) is 0 Å². The number of thiophene rings is 1. The lowest BCUT2D eigenvalue weighted by Gasteiger charge is -2.14. The fraction of sp³-hybridized carbons (Fsp3) is 0.400. The Bertz CT molecular complexity index is 760. The molecule has 7 heteroatoms. The number of hydrogen-bond acceptors (Lipinski definition) is 4. The van der Waals surface area contributed by atoms with Gasteiger partial charge in [0, 0.05) is 10.9 Å². The molecule has 6 nitrogen and oxygen atoms in total. The number of nitrogens with one attached hydrogen (secondary N) is 3. The van der Waals surface area contributed by atoms with E-state index in [1.54, 1.807) is 18.2 Å². The van der Waals surface area contributed by atoms with E-state index in [9.17, 15) is 9.59 Å². The van der Waals surface area contributed by atoms with Crippen LogP contribution in [0.4, 0.5) is 16.2 Å². The van der Waals surface area contributed by atoms with Crippen LogP contribution in [-0.4, -0.2) is 18.0 Å². The number of carbonyl (C=O) groups is 2. The van der Waals surface area contributed by atoms with Crippen LogP contribution < -0.4 is 21.7 Å². The van der Waals surface area contributed by atoms with E-state index in [0.717, 1.165) is 17.7 Å². The zero-order valence-corrected chi connectivity index (χ0v) is 16.7. The van der Waals surface area contributed by atoms with Crippen LogP contribution in [0.15, 0.2) is 36.4 Å². The molecule has 2 rings (SSSR count). The lowest BCUT2D eigenvalue weighted by atomic mass is 10.1. The second-order valence-corrected chi connectivity index (χ2v) is 7.70. The summed E-state index contributed by atoms with van der Waals surface area (Å²) in [5, 5.41) is 8.58. The van der Waals surface area contributed by atoms with Gasteiger partial charge in [-0.15, -0.1) is 11.3 Å². The molecule has 0 radical (unpaired) electrons. The number of anilines is 2. The monoisotopic (exact) mass is 388 g/mol. The highest BCUT2D eigenvalue weighted by molar-refractivity contribution is 7.14. The lowest BCUT2D eigenvalue weighted by Crippen LogP contribution is -2.40. The summed E-state index contributed by atoms with van der Waals surface area (Å²) in [6.07, 6.45) is 4.45. The topological polar surface area (TPSA) is 96.2 Å². The van der Waals surface area contributed by atoms with E-state index in [-0.39, 0.29) is 18.0 Å². The van der Waals surface area contributed by atoms with Crippen molar-refractivity contribution in [1.82, 2.24) is 10.6 Å². The van der Waals surface area contributed by atoms with E-state index in [0.29, 0.717) is 22.8 Å². The Balaban J connectivity index is 1.79. The summed E-state index contributed by atoms with van der Waals surface area (Å²) < 4.78 is 0. The van der Waals surface area contributed by atoms with Gasteiger partial charge in [-0.2, -0.15) is 0 Å². The van der Waals surface area contributed by atoms with Crippen LogP contribution in [0.2, 0.25) is 0 Å². The Labute approximate surface area is 164 Å². The summed E-state index contributed by atoms with van der Waals surface area (Å²) in [5.74, 6) is -0.210.